The molecule has 0 aromatic carbocycles. The van der Waals surface area contributed by atoms with Gasteiger partial charge in [-0.15, -0.1) is 0 Å². The molecule has 6 heteroatoms. The van der Waals surface area contributed by atoms with Gasteiger partial charge in [-0.25, -0.2) is 4.89 Å². The van der Waals surface area contributed by atoms with Crippen LogP contribution in [0.15, 0.2) is 0 Å². The van der Waals surface area contributed by atoms with Crippen molar-refractivity contribution in [3.05, 3.63) is 0 Å². The van der Waals surface area contributed by atoms with Gasteiger partial charge < -0.3 is 20.4 Å². The Morgan fingerprint density at radius 1 is 1.17 bits per heavy atom. The highest BCUT2D eigenvalue weighted by atomic mass is 17.1. The number of rotatable bonds is 5. The first-order chi connectivity index (χ1) is 5.50. The second-order valence-electron chi connectivity index (χ2n) is 2.57. The summed E-state index contributed by atoms with van der Waals surface area (Å²) in [6.07, 6.45) is -5.75. The average molecular weight is 181 g/mol. The molecule has 0 amide bonds. The van der Waals surface area contributed by atoms with Gasteiger partial charge in [-0.05, 0) is 12.2 Å². The summed E-state index contributed by atoms with van der Waals surface area (Å²) in [7, 11) is 0. The number of hydrogen-bond acceptors (Lipinski definition) is 5. The molecule has 0 saturated carbocycles. The highest BCUT2D eigenvalue weighted by Crippen LogP contribution is 2.04. The molecular formula is C6H13O6. The molecule has 1 radical (unpaired) electrons. The standard InChI is InChI=1S/C6H13O6/c1-3(7)5(9)6(10)4(8)2-12-11/h3-10H,2H2,1H3/t3-,4+,5+,6-/m1/s1. The Hall–Kier alpha value is -0.240. The smallest absolute Gasteiger partial charge is 0.114 e. The summed E-state index contributed by atoms with van der Waals surface area (Å²) in [5, 5.41) is 45.2. The summed E-state index contributed by atoms with van der Waals surface area (Å²) in [5.74, 6) is 0. The van der Waals surface area contributed by atoms with E-state index in [-0.39, 0.29) is 0 Å². The fourth-order valence-corrected chi connectivity index (χ4v) is 0.681. The molecule has 4 atom stereocenters. The van der Waals surface area contributed by atoms with E-state index in [1.54, 1.807) is 0 Å². The average Bonchev–Trinajstić information content (AvgIpc) is 2.02. The third-order valence-corrected chi connectivity index (χ3v) is 1.48. The van der Waals surface area contributed by atoms with E-state index in [4.69, 9.17) is 20.4 Å². The van der Waals surface area contributed by atoms with Crippen LogP contribution in [-0.4, -0.2) is 51.4 Å². The number of aliphatic hydroxyl groups is 4. The zero-order chi connectivity index (χ0) is 9.72. The quantitative estimate of drug-likeness (QED) is 0.284. The minimum absolute atomic E-state index is 0.634. The lowest BCUT2D eigenvalue weighted by molar-refractivity contribution is -0.320. The van der Waals surface area contributed by atoms with E-state index in [9.17, 15) is 5.26 Å². The SMILES string of the molecule is C[C@@H](O)[C@H](O)[C@H](O)[C@@H](O)CO[O]. The van der Waals surface area contributed by atoms with Gasteiger partial charge in [-0.1, -0.05) is 0 Å². The lowest BCUT2D eigenvalue weighted by Gasteiger charge is -2.23. The molecule has 0 aliphatic carbocycles. The second-order valence-corrected chi connectivity index (χ2v) is 2.57. The van der Waals surface area contributed by atoms with Crippen molar-refractivity contribution >= 4 is 0 Å². The molecule has 0 aliphatic rings. The molecule has 0 aromatic rings. The van der Waals surface area contributed by atoms with Crippen LogP contribution in [0.5, 0.6) is 0 Å². The predicted octanol–water partition coefficient (Wildman–Crippen LogP) is -2.19. The fourth-order valence-electron chi connectivity index (χ4n) is 0.681. The van der Waals surface area contributed by atoms with Crippen LogP contribution in [0, 0.1) is 0 Å². The van der Waals surface area contributed by atoms with Crippen molar-refractivity contribution in [3.63, 3.8) is 0 Å². The first kappa shape index (κ1) is 11.8. The third kappa shape index (κ3) is 3.44. The van der Waals surface area contributed by atoms with Crippen LogP contribution in [0.4, 0.5) is 0 Å². The molecule has 73 valence electrons. The van der Waals surface area contributed by atoms with Crippen molar-refractivity contribution in [3.8, 4) is 0 Å². The molecule has 4 N–H and O–H groups in total. The Morgan fingerprint density at radius 2 is 1.67 bits per heavy atom. The van der Waals surface area contributed by atoms with Crippen molar-refractivity contribution in [2.24, 2.45) is 0 Å². The van der Waals surface area contributed by atoms with Crippen molar-refractivity contribution in [2.75, 3.05) is 6.61 Å². The van der Waals surface area contributed by atoms with E-state index in [0.717, 1.165) is 0 Å². The van der Waals surface area contributed by atoms with Crippen LogP contribution in [0.3, 0.4) is 0 Å². The normalized spacial score (nSPS) is 21.5. The molecule has 0 bridgehead atoms. The van der Waals surface area contributed by atoms with E-state index < -0.39 is 31.0 Å². The molecule has 0 saturated heterocycles. The lowest BCUT2D eigenvalue weighted by Crippen LogP contribution is -2.45. The predicted molar refractivity (Wildman–Crippen MR) is 36.3 cm³/mol. The van der Waals surface area contributed by atoms with Gasteiger partial charge in [0.05, 0.1) is 6.10 Å². The summed E-state index contributed by atoms with van der Waals surface area (Å²) < 4.78 is 0. The van der Waals surface area contributed by atoms with Gasteiger partial charge in [0.25, 0.3) is 0 Å². The Balaban J connectivity index is 3.90. The van der Waals surface area contributed by atoms with Crippen LogP contribution >= 0.6 is 0 Å². The molecule has 6 nitrogen and oxygen atoms in total. The largest absolute Gasteiger partial charge is 0.391 e. The second kappa shape index (κ2) is 5.41. The van der Waals surface area contributed by atoms with Crippen LogP contribution in [0.2, 0.25) is 0 Å². The monoisotopic (exact) mass is 181 g/mol. The van der Waals surface area contributed by atoms with Crippen LogP contribution in [-0.2, 0) is 10.1 Å². The zero-order valence-corrected chi connectivity index (χ0v) is 6.62. The van der Waals surface area contributed by atoms with Gasteiger partial charge >= 0.3 is 0 Å². The van der Waals surface area contributed by atoms with Gasteiger partial charge in [0.1, 0.15) is 24.9 Å². The lowest BCUT2D eigenvalue weighted by atomic mass is 10.0. The molecule has 0 aromatic heterocycles. The van der Waals surface area contributed by atoms with Gasteiger partial charge in [0, 0.05) is 0 Å². The molecule has 0 heterocycles. The van der Waals surface area contributed by atoms with Gasteiger partial charge in [0.2, 0.25) is 0 Å². The van der Waals surface area contributed by atoms with Crippen molar-refractivity contribution in [1.82, 2.24) is 0 Å². The molecule has 0 aliphatic heterocycles. The van der Waals surface area contributed by atoms with Crippen molar-refractivity contribution in [2.45, 2.75) is 31.3 Å². The maximum Gasteiger partial charge on any atom is 0.114 e. The number of hydrogen-bond donors (Lipinski definition) is 4. The van der Waals surface area contributed by atoms with E-state index in [0.29, 0.717) is 0 Å². The maximum absolute atomic E-state index is 9.52. The summed E-state index contributed by atoms with van der Waals surface area (Å²) in [5.41, 5.74) is 0. The highest BCUT2D eigenvalue weighted by Gasteiger charge is 2.28. The summed E-state index contributed by atoms with van der Waals surface area (Å²) in [6.45, 7) is 0.615. The molecule has 12 heavy (non-hydrogen) atoms. The topological polar surface area (TPSA) is 110 Å². The highest BCUT2D eigenvalue weighted by molar-refractivity contribution is 4.78. The summed E-state index contributed by atoms with van der Waals surface area (Å²) >= 11 is 0. The zero-order valence-electron chi connectivity index (χ0n) is 6.62. The Kier molecular flexibility index (Phi) is 5.31. The van der Waals surface area contributed by atoms with Gasteiger partial charge in [-0.3, -0.25) is 0 Å². The Labute approximate surface area is 69.6 Å². The van der Waals surface area contributed by atoms with Gasteiger partial charge in [-0.2, -0.15) is 0 Å². The minimum Gasteiger partial charge on any atom is -0.391 e. The molecule has 0 rings (SSSR count). The minimum atomic E-state index is -1.58. The van der Waals surface area contributed by atoms with Gasteiger partial charge in [0.15, 0.2) is 0 Å². The molecule has 0 fully saturated rings. The first-order valence-electron chi connectivity index (χ1n) is 3.47. The van der Waals surface area contributed by atoms with E-state index in [1.165, 1.54) is 6.92 Å². The van der Waals surface area contributed by atoms with E-state index in [1.807, 2.05) is 0 Å². The Bertz CT molecular complexity index is 117. The van der Waals surface area contributed by atoms with E-state index >= 15 is 0 Å². The maximum atomic E-state index is 9.52. The van der Waals surface area contributed by atoms with E-state index in [2.05, 4.69) is 4.89 Å². The summed E-state index contributed by atoms with van der Waals surface area (Å²) in [4.78, 5) is 3.30. The van der Waals surface area contributed by atoms with Crippen LogP contribution < -0.4 is 0 Å². The van der Waals surface area contributed by atoms with Crippen LogP contribution in [0.1, 0.15) is 6.92 Å². The fraction of sp³-hybridized carbons (Fsp3) is 1.00. The van der Waals surface area contributed by atoms with Crippen molar-refractivity contribution < 1.29 is 30.6 Å². The Morgan fingerprint density at radius 3 is 2.00 bits per heavy atom. The molecular weight excluding hydrogens is 168 g/mol. The third-order valence-electron chi connectivity index (χ3n) is 1.48. The molecule has 0 unspecified atom stereocenters. The summed E-state index contributed by atoms with van der Waals surface area (Å²) in [6, 6.07) is 0. The molecule has 0 spiro atoms. The van der Waals surface area contributed by atoms with Crippen LogP contribution in [0.25, 0.3) is 0 Å². The number of aliphatic hydroxyl groups excluding tert-OH is 4. The van der Waals surface area contributed by atoms with Crippen molar-refractivity contribution in [1.29, 1.82) is 0 Å². The first-order valence-corrected chi connectivity index (χ1v) is 3.47.